The molecule has 108 valence electrons. The van der Waals surface area contributed by atoms with E-state index in [1.54, 1.807) is 0 Å². The summed E-state index contributed by atoms with van der Waals surface area (Å²) in [6.07, 6.45) is 5.71. The summed E-state index contributed by atoms with van der Waals surface area (Å²) in [6, 6.07) is 0.129. The largest absolute Gasteiger partial charge is 0.344 e. The standard InChI is InChI=1S/C14H25N3O2/c1-2-9-17(10-11-5-3-4-8-15-11)14(19)12-6-7-13(18)16-12/h11-12,15H,2-10H2,1H3,(H,16,18)/t11?,12-/m0/s1. The summed E-state index contributed by atoms with van der Waals surface area (Å²) in [5, 5.41) is 6.26. The Morgan fingerprint density at radius 2 is 2.21 bits per heavy atom. The molecule has 2 aliphatic rings. The van der Waals surface area contributed by atoms with Gasteiger partial charge in [0.2, 0.25) is 11.8 Å². The smallest absolute Gasteiger partial charge is 0.245 e. The Hall–Kier alpha value is -1.10. The van der Waals surface area contributed by atoms with Gasteiger partial charge in [0.15, 0.2) is 0 Å². The molecule has 5 nitrogen and oxygen atoms in total. The average Bonchev–Trinajstić information content (AvgIpc) is 2.85. The molecule has 0 spiro atoms. The van der Waals surface area contributed by atoms with E-state index in [-0.39, 0.29) is 17.9 Å². The lowest BCUT2D eigenvalue weighted by atomic mass is 10.0. The Labute approximate surface area is 115 Å². The highest BCUT2D eigenvalue weighted by Crippen LogP contribution is 2.13. The van der Waals surface area contributed by atoms with Crippen molar-refractivity contribution in [1.82, 2.24) is 15.5 Å². The number of amides is 2. The molecule has 0 aromatic rings. The van der Waals surface area contributed by atoms with Gasteiger partial charge in [-0.25, -0.2) is 0 Å². The van der Waals surface area contributed by atoms with E-state index in [1.165, 1.54) is 12.8 Å². The average molecular weight is 267 g/mol. The monoisotopic (exact) mass is 267 g/mol. The van der Waals surface area contributed by atoms with Crippen molar-refractivity contribution in [3.63, 3.8) is 0 Å². The molecule has 1 unspecified atom stereocenters. The Morgan fingerprint density at radius 1 is 1.37 bits per heavy atom. The molecule has 2 rings (SSSR count). The Balaban J connectivity index is 1.90. The van der Waals surface area contributed by atoms with E-state index in [1.807, 2.05) is 4.90 Å². The van der Waals surface area contributed by atoms with Crippen LogP contribution in [0.25, 0.3) is 0 Å². The van der Waals surface area contributed by atoms with Gasteiger partial charge in [0.05, 0.1) is 0 Å². The number of carbonyl (C=O) groups is 2. The lowest BCUT2D eigenvalue weighted by Crippen LogP contribution is -2.50. The predicted octanol–water partition coefficient (Wildman–Crippen LogP) is 0.646. The number of nitrogens with zero attached hydrogens (tertiary/aromatic N) is 1. The molecular formula is C14H25N3O2. The SMILES string of the molecule is CCCN(CC1CCCCN1)C(=O)[C@@H]1CCC(=O)N1. The fourth-order valence-corrected chi connectivity index (χ4v) is 2.93. The third-order valence-corrected chi connectivity index (χ3v) is 3.95. The van der Waals surface area contributed by atoms with Crippen LogP contribution >= 0.6 is 0 Å². The minimum Gasteiger partial charge on any atom is -0.344 e. The maximum absolute atomic E-state index is 12.4. The molecule has 0 saturated carbocycles. The maximum Gasteiger partial charge on any atom is 0.245 e. The predicted molar refractivity (Wildman–Crippen MR) is 73.7 cm³/mol. The van der Waals surface area contributed by atoms with E-state index in [2.05, 4.69) is 17.6 Å². The highest BCUT2D eigenvalue weighted by Gasteiger charge is 2.31. The summed E-state index contributed by atoms with van der Waals surface area (Å²) in [5.74, 6) is 0.102. The second kappa shape index (κ2) is 6.89. The van der Waals surface area contributed by atoms with E-state index >= 15 is 0 Å². The molecule has 0 aromatic carbocycles. The third-order valence-electron chi connectivity index (χ3n) is 3.95. The summed E-state index contributed by atoms with van der Waals surface area (Å²) in [6.45, 7) is 4.70. The van der Waals surface area contributed by atoms with Gasteiger partial charge in [0, 0.05) is 25.6 Å². The lowest BCUT2D eigenvalue weighted by Gasteiger charge is -2.32. The van der Waals surface area contributed by atoms with Gasteiger partial charge < -0.3 is 15.5 Å². The number of nitrogens with one attached hydrogen (secondary N) is 2. The van der Waals surface area contributed by atoms with Crippen molar-refractivity contribution in [2.45, 2.75) is 57.5 Å². The molecule has 2 amide bonds. The Morgan fingerprint density at radius 3 is 2.79 bits per heavy atom. The van der Waals surface area contributed by atoms with Gasteiger partial charge in [0.25, 0.3) is 0 Å². The molecule has 0 aromatic heterocycles. The first-order valence-electron chi connectivity index (χ1n) is 7.52. The zero-order valence-corrected chi connectivity index (χ0v) is 11.8. The Kier molecular flexibility index (Phi) is 5.19. The van der Waals surface area contributed by atoms with Crippen LogP contribution in [-0.2, 0) is 9.59 Å². The Bertz CT molecular complexity index is 327. The van der Waals surface area contributed by atoms with Crippen molar-refractivity contribution < 1.29 is 9.59 Å². The molecule has 2 aliphatic heterocycles. The van der Waals surface area contributed by atoms with Crippen LogP contribution < -0.4 is 10.6 Å². The van der Waals surface area contributed by atoms with Gasteiger partial charge in [-0.1, -0.05) is 13.3 Å². The van der Waals surface area contributed by atoms with Gasteiger partial charge in [-0.05, 0) is 32.2 Å². The molecule has 2 fully saturated rings. The van der Waals surface area contributed by atoms with Crippen molar-refractivity contribution in [3.8, 4) is 0 Å². The first-order chi connectivity index (χ1) is 9.20. The second-order valence-electron chi connectivity index (χ2n) is 5.59. The lowest BCUT2D eigenvalue weighted by molar-refractivity contribution is -0.134. The van der Waals surface area contributed by atoms with Gasteiger partial charge in [0.1, 0.15) is 6.04 Å². The van der Waals surface area contributed by atoms with E-state index < -0.39 is 0 Å². The number of carbonyl (C=O) groups excluding carboxylic acids is 2. The molecule has 2 atom stereocenters. The molecule has 5 heteroatoms. The van der Waals surface area contributed by atoms with Crippen LogP contribution in [0.1, 0.15) is 45.4 Å². The summed E-state index contributed by atoms with van der Waals surface area (Å²) >= 11 is 0. The fourth-order valence-electron chi connectivity index (χ4n) is 2.93. The van der Waals surface area contributed by atoms with Crippen LogP contribution in [0.3, 0.4) is 0 Å². The zero-order valence-electron chi connectivity index (χ0n) is 11.8. The maximum atomic E-state index is 12.4. The van der Waals surface area contributed by atoms with E-state index in [0.29, 0.717) is 18.9 Å². The quantitative estimate of drug-likeness (QED) is 0.768. The van der Waals surface area contributed by atoms with E-state index in [0.717, 1.165) is 32.5 Å². The number of hydrogen-bond acceptors (Lipinski definition) is 3. The molecular weight excluding hydrogens is 242 g/mol. The molecule has 19 heavy (non-hydrogen) atoms. The molecule has 2 N–H and O–H groups in total. The van der Waals surface area contributed by atoms with Crippen molar-refractivity contribution in [2.75, 3.05) is 19.6 Å². The molecule has 2 saturated heterocycles. The summed E-state index contributed by atoms with van der Waals surface area (Å²) < 4.78 is 0. The normalized spacial score (nSPS) is 27.1. The van der Waals surface area contributed by atoms with Crippen LogP contribution in [-0.4, -0.2) is 48.4 Å². The van der Waals surface area contributed by atoms with Crippen LogP contribution in [0.5, 0.6) is 0 Å². The van der Waals surface area contributed by atoms with Gasteiger partial charge in [-0.2, -0.15) is 0 Å². The van der Waals surface area contributed by atoms with Gasteiger partial charge in [-0.3, -0.25) is 9.59 Å². The summed E-state index contributed by atoms with van der Waals surface area (Å²) in [5.41, 5.74) is 0. The highest BCUT2D eigenvalue weighted by molar-refractivity contribution is 5.90. The molecule has 2 heterocycles. The topological polar surface area (TPSA) is 61.4 Å². The van der Waals surface area contributed by atoms with Crippen molar-refractivity contribution >= 4 is 11.8 Å². The van der Waals surface area contributed by atoms with Crippen molar-refractivity contribution in [3.05, 3.63) is 0 Å². The number of hydrogen-bond donors (Lipinski definition) is 2. The molecule has 0 bridgehead atoms. The van der Waals surface area contributed by atoms with Crippen LogP contribution in [0.4, 0.5) is 0 Å². The molecule has 0 aliphatic carbocycles. The first kappa shape index (κ1) is 14.3. The minimum atomic E-state index is -0.289. The number of piperidine rings is 1. The third kappa shape index (κ3) is 3.93. The minimum absolute atomic E-state index is 0.00518. The van der Waals surface area contributed by atoms with E-state index in [9.17, 15) is 9.59 Å². The molecule has 0 radical (unpaired) electrons. The highest BCUT2D eigenvalue weighted by atomic mass is 16.2. The van der Waals surface area contributed by atoms with Crippen molar-refractivity contribution in [2.24, 2.45) is 0 Å². The van der Waals surface area contributed by atoms with Gasteiger partial charge in [-0.15, -0.1) is 0 Å². The van der Waals surface area contributed by atoms with E-state index in [4.69, 9.17) is 0 Å². The summed E-state index contributed by atoms with van der Waals surface area (Å²) in [4.78, 5) is 25.6. The zero-order chi connectivity index (χ0) is 13.7. The number of rotatable bonds is 5. The second-order valence-corrected chi connectivity index (χ2v) is 5.59. The van der Waals surface area contributed by atoms with Crippen LogP contribution in [0.2, 0.25) is 0 Å². The van der Waals surface area contributed by atoms with Crippen LogP contribution in [0.15, 0.2) is 0 Å². The first-order valence-corrected chi connectivity index (χ1v) is 7.52. The summed E-state index contributed by atoms with van der Waals surface area (Å²) in [7, 11) is 0. The van der Waals surface area contributed by atoms with Crippen LogP contribution in [0, 0.1) is 0 Å². The van der Waals surface area contributed by atoms with Gasteiger partial charge >= 0.3 is 0 Å². The fraction of sp³-hybridized carbons (Fsp3) is 0.857. The van der Waals surface area contributed by atoms with Crippen molar-refractivity contribution in [1.29, 1.82) is 0 Å².